The predicted molar refractivity (Wildman–Crippen MR) is 133 cm³/mol. The molecule has 0 N–H and O–H groups in total. The lowest BCUT2D eigenvalue weighted by Crippen LogP contribution is -2.56. The number of rotatable bonds is 4. The monoisotopic (exact) mass is 480 g/mol. The molecule has 0 saturated carbocycles. The van der Waals surface area contributed by atoms with E-state index < -0.39 is 5.82 Å². The fraction of sp³-hybridized carbons (Fsp3) is 0.267. The number of hydrogen-bond donors (Lipinski definition) is 0. The molecule has 0 aromatic heterocycles. The maximum atomic E-state index is 13.5. The topological polar surface area (TPSA) is 62.6 Å². The zero-order valence-electron chi connectivity index (χ0n) is 19.7. The van der Waals surface area contributed by atoms with Gasteiger partial charge in [-0.1, -0.05) is 66.2 Å². The van der Waals surface area contributed by atoms with Crippen LogP contribution in [-0.2, 0) is 15.9 Å². The Hall–Kier alpha value is -3.95. The quantitative estimate of drug-likeness (QED) is 0.457. The largest absolute Gasteiger partial charge is 0.448 e. The second-order valence-corrected chi connectivity index (χ2v) is 9.59. The highest BCUT2D eigenvalue weighted by atomic mass is 19.1. The SMILES string of the molecule is N#Cc1cc(F)ccc1CC1=CC2COCC(C1)N2C(=O)OCC1c2ccccc2-c2ccccc21. The van der Waals surface area contributed by atoms with Crippen LogP contribution in [0.3, 0.4) is 0 Å². The van der Waals surface area contributed by atoms with E-state index >= 15 is 0 Å². The second-order valence-electron chi connectivity index (χ2n) is 9.59. The van der Waals surface area contributed by atoms with Crippen LogP contribution < -0.4 is 0 Å². The molecule has 3 aliphatic rings. The van der Waals surface area contributed by atoms with Gasteiger partial charge in [0.1, 0.15) is 12.4 Å². The summed E-state index contributed by atoms with van der Waals surface area (Å²) < 4.78 is 25.2. The first-order valence-corrected chi connectivity index (χ1v) is 12.2. The minimum absolute atomic E-state index is 0.0104. The maximum absolute atomic E-state index is 13.5. The molecule has 0 spiro atoms. The van der Waals surface area contributed by atoms with Crippen molar-refractivity contribution in [1.29, 1.82) is 5.26 Å². The summed E-state index contributed by atoms with van der Waals surface area (Å²) in [6.45, 7) is 1.12. The molecule has 2 aliphatic heterocycles. The molecule has 1 fully saturated rings. The van der Waals surface area contributed by atoms with Gasteiger partial charge in [0, 0.05) is 5.92 Å². The van der Waals surface area contributed by atoms with Gasteiger partial charge in [-0.2, -0.15) is 5.26 Å². The first kappa shape index (κ1) is 22.5. The van der Waals surface area contributed by atoms with Crippen molar-refractivity contribution in [1.82, 2.24) is 4.90 Å². The van der Waals surface area contributed by atoms with Crippen LogP contribution in [0, 0.1) is 17.1 Å². The van der Waals surface area contributed by atoms with Crippen LogP contribution in [0.2, 0.25) is 0 Å². The van der Waals surface area contributed by atoms with Crippen molar-refractivity contribution in [3.63, 3.8) is 0 Å². The molecule has 1 saturated heterocycles. The third-order valence-electron chi connectivity index (χ3n) is 7.43. The highest BCUT2D eigenvalue weighted by Gasteiger charge is 2.39. The number of carbonyl (C=O) groups is 1. The van der Waals surface area contributed by atoms with Gasteiger partial charge in [-0.3, -0.25) is 4.90 Å². The average Bonchev–Trinajstić information content (AvgIpc) is 3.21. The number of halogens is 1. The molecule has 2 atom stereocenters. The minimum Gasteiger partial charge on any atom is -0.448 e. The molecule has 2 heterocycles. The Kier molecular flexibility index (Phi) is 5.79. The molecule has 3 aromatic carbocycles. The second kappa shape index (κ2) is 9.25. The van der Waals surface area contributed by atoms with Crippen molar-refractivity contribution in [2.24, 2.45) is 0 Å². The Bertz CT molecular complexity index is 1360. The highest BCUT2D eigenvalue weighted by Crippen LogP contribution is 2.44. The van der Waals surface area contributed by atoms with Crippen molar-refractivity contribution in [3.8, 4) is 17.2 Å². The molecule has 0 radical (unpaired) electrons. The van der Waals surface area contributed by atoms with Gasteiger partial charge in [-0.25, -0.2) is 9.18 Å². The van der Waals surface area contributed by atoms with E-state index in [4.69, 9.17) is 9.47 Å². The summed E-state index contributed by atoms with van der Waals surface area (Å²) in [5.74, 6) is -0.407. The van der Waals surface area contributed by atoms with Crippen LogP contribution in [0.15, 0.2) is 78.4 Å². The van der Waals surface area contributed by atoms with Crippen LogP contribution in [-0.4, -0.2) is 42.9 Å². The molecule has 180 valence electrons. The molecule has 3 aromatic rings. The van der Waals surface area contributed by atoms with Gasteiger partial charge in [0.05, 0.1) is 36.9 Å². The number of fused-ring (bicyclic) bond motifs is 5. The van der Waals surface area contributed by atoms with Gasteiger partial charge in [-0.15, -0.1) is 0 Å². The summed E-state index contributed by atoms with van der Waals surface area (Å²) in [5, 5.41) is 9.39. The number of ether oxygens (including phenoxy) is 2. The minimum atomic E-state index is -0.417. The number of nitriles is 1. The third-order valence-corrected chi connectivity index (χ3v) is 7.43. The normalized spacial score (nSPS) is 20.2. The van der Waals surface area contributed by atoms with Gasteiger partial charge in [0.25, 0.3) is 0 Å². The van der Waals surface area contributed by atoms with Gasteiger partial charge in [0.15, 0.2) is 0 Å². The highest BCUT2D eigenvalue weighted by molar-refractivity contribution is 5.79. The summed E-state index contributed by atoms with van der Waals surface area (Å²) in [4.78, 5) is 15.1. The summed E-state index contributed by atoms with van der Waals surface area (Å²) in [5.41, 5.74) is 7.02. The lowest BCUT2D eigenvalue weighted by molar-refractivity contribution is -0.0363. The van der Waals surface area contributed by atoms with E-state index in [9.17, 15) is 14.4 Å². The summed E-state index contributed by atoms with van der Waals surface area (Å²) in [6.07, 6.45) is 2.89. The zero-order valence-corrected chi connectivity index (χ0v) is 19.7. The van der Waals surface area contributed by atoms with E-state index in [1.807, 2.05) is 30.3 Å². The Morgan fingerprint density at radius 1 is 1.06 bits per heavy atom. The molecule has 5 nitrogen and oxygen atoms in total. The van der Waals surface area contributed by atoms with Crippen molar-refractivity contribution in [2.45, 2.75) is 30.8 Å². The number of nitrogens with zero attached hydrogens (tertiary/aromatic N) is 2. The molecule has 1 amide bonds. The van der Waals surface area contributed by atoms with E-state index in [1.165, 1.54) is 34.4 Å². The van der Waals surface area contributed by atoms with Gasteiger partial charge in [0.2, 0.25) is 0 Å². The van der Waals surface area contributed by atoms with Crippen LogP contribution >= 0.6 is 0 Å². The number of carbonyl (C=O) groups excluding carboxylic acids is 1. The van der Waals surface area contributed by atoms with E-state index in [1.54, 1.807) is 11.0 Å². The van der Waals surface area contributed by atoms with E-state index in [0.29, 0.717) is 31.6 Å². The van der Waals surface area contributed by atoms with Crippen molar-refractivity contribution < 1.29 is 18.7 Å². The molecule has 6 rings (SSSR count). The number of morpholine rings is 1. The third kappa shape index (κ3) is 3.96. The lowest BCUT2D eigenvalue weighted by Gasteiger charge is -2.44. The fourth-order valence-corrected chi connectivity index (χ4v) is 5.82. The average molecular weight is 481 g/mol. The van der Waals surface area contributed by atoms with Gasteiger partial charge in [-0.05, 0) is 52.8 Å². The molecule has 2 bridgehead atoms. The number of amides is 1. The summed E-state index contributed by atoms with van der Waals surface area (Å²) in [7, 11) is 0. The summed E-state index contributed by atoms with van der Waals surface area (Å²) >= 11 is 0. The van der Waals surface area contributed by atoms with E-state index in [0.717, 1.165) is 11.1 Å². The number of benzene rings is 3. The van der Waals surface area contributed by atoms with Crippen molar-refractivity contribution in [2.75, 3.05) is 19.8 Å². The van der Waals surface area contributed by atoms with E-state index in [2.05, 4.69) is 30.3 Å². The lowest BCUT2D eigenvalue weighted by atomic mass is 9.89. The standard InChI is InChI=1S/C30H25FN2O3/c31-22-10-9-20(21(14-22)15-32)11-19-12-23-16-35-17-24(13-19)33(23)30(34)36-18-29-27-7-3-1-5-25(27)26-6-2-4-8-28(26)29/h1-10,12,14,23-24,29H,11,13,16-18H2. The Balaban J connectivity index is 1.19. The molecule has 36 heavy (non-hydrogen) atoms. The molecular formula is C30H25FN2O3. The molecule has 2 unspecified atom stereocenters. The Morgan fingerprint density at radius 2 is 1.78 bits per heavy atom. The predicted octanol–water partition coefficient (Wildman–Crippen LogP) is 5.59. The number of hydrogen-bond acceptors (Lipinski definition) is 4. The van der Waals surface area contributed by atoms with Crippen LogP contribution in [0.25, 0.3) is 11.1 Å². The van der Waals surface area contributed by atoms with Crippen LogP contribution in [0.4, 0.5) is 9.18 Å². The van der Waals surface area contributed by atoms with Crippen LogP contribution in [0.5, 0.6) is 0 Å². The van der Waals surface area contributed by atoms with E-state index in [-0.39, 0.29) is 30.7 Å². The smallest absolute Gasteiger partial charge is 0.410 e. The van der Waals surface area contributed by atoms with Crippen molar-refractivity contribution >= 4 is 6.09 Å². The first-order valence-electron chi connectivity index (χ1n) is 12.2. The maximum Gasteiger partial charge on any atom is 0.410 e. The van der Waals surface area contributed by atoms with Crippen molar-refractivity contribution in [3.05, 3.63) is 106 Å². The van der Waals surface area contributed by atoms with Gasteiger partial charge >= 0.3 is 6.09 Å². The molecular weight excluding hydrogens is 455 g/mol. The summed E-state index contributed by atoms with van der Waals surface area (Å²) in [6, 6.07) is 22.6. The molecule has 6 heteroatoms. The fourth-order valence-electron chi connectivity index (χ4n) is 5.82. The zero-order chi connectivity index (χ0) is 24.6. The Morgan fingerprint density at radius 3 is 2.47 bits per heavy atom. The first-order chi connectivity index (χ1) is 17.6. The van der Waals surface area contributed by atoms with Gasteiger partial charge < -0.3 is 9.47 Å². The van der Waals surface area contributed by atoms with Crippen LogP contribution in [0.1, 0.15) is 34.6 Å². The molecule has 1 aliphatic carbocycles. The Labute approximate surface area is 209 Å².